The van der Waals surface area contributed by atoms with Crippen molar-refractivity contribution < 1.29 is 18.9 Å². The zero-order chi connectivity index (χ0) is 17.3. The van der Waals surface area contributed by atoms with Crippen molar-refractivity contribution >= 4 is 22.6 Å². The van der Waals surface area contributed by atoms with Crippen LogP contribution < -0.4 is 4.74 Å². The molecule has 3 aromatic rings. The molecule has 1 aromatic heterocycles. The van der Waals surface area contributed by atoms with Gasteiger partial charge in [0.05, 0.1) is 17.6 Å². The SMILES string of the molecule is Cc1ccc2c(CC(=O)Oc3ccc([N+](=O)[O-])c(C)c3)coc2c1. The summed E-state index contributed by atoms with van der Waals surface area (Å²) in [5.74, 6) is -0.168. The second-order valence-electron chi connectivity index (χ2n) is 5.62. The lowest BCUT2D eigenvalue weighted by atomic mass is 10.1. The Morgan fingerprint density at radius 1 is 1.21 bits per heavy atom. The lowest BCUT2D eigenvalue weighted by molar-refractivity contribution is -0.385. The van der Waals surface area contributed by atoms with E-state index in [0.29, 0.717) is 5.56 Å². The summed E-state index contributed by atoms with van der Waals surface area (Å²) < 4.78 is 10.7. The first kappa shape index (κ1) is 15.7. The maximum atomic E-state index is 12.1. The number of aryl methyl sites for hydroxylation is 2. The topological polar surface area (TPSA) is 82.6 Å². The summed E-state index contributed by atoms with van der Waals surface area (Å²) in [5, 5.41) is 11.7. The van der Waals surface area contributed by atoms with Crippen LogP contribution in [0.1, 0.15) is 16.7 Å². The lowest BCUT2D eigenvalue weighted by Crippen LogP contribution is -2.11. The number of hydrogen-bond donors (Lipinski definition) is 0. The molecule has 3 rings (SSSR count). The molecule has 0 saturated heterocycles. The Morgan fingerprint density at radius 2 is 2.00 bits per heavy atom. The fraction of sp³-hybridized carbons (Fsp3) is 0.167. The van der Waals surface area contributed by atoms with Crippen LogP contribution in [0.2, 0.25) is 0 Å². The Labute approximate surface area is 137 Å². The first-order chi connectivity index (χ1) is 11.4. The lowest BCUT2D eigenvalue weighted by Gasteiger charge is -2.05. The Bertz CT molecular complexity index is 942. The van der Waals surface area contributed by atoms with E-state index in [2.05, 4.69) is 0 Å². The minimum absolute atomic E-state index is 0.00834. The van der Waals surface area contributed by atoms with Crippen molar-refractivity contribution in [2.45, 2.75) is 20.3 Å². The molecule has 0 saturated carbocycles. The molecule has 0 spiro atoms. The molecule has 0 aliphatic rings. The number of benzene rings is 2. The van der Waals surface area contributed by atoms with E-state index in [4.69, 9.17) is 9.15 Å². The third-order valence-electron chi connectivity index (χ3n) is 3.74. The average Bonchev–Trinajstić information content (AvgIpc) is 2.88. The number of ether oxygens (including phenoxy) is 1. The van der Waals surface area contributed by atoms with Gasteiger partial charge in [-0.3, -0.25) is 14.9 Å². The van der Waals surface area contributed by atoms with Crippen molar-refractivity contribution in [3.8, 4) is 5.75 Å². The molecule has 0 N–H and O–H groups in total. The summed E-state index contributed by atoms with van der Waals surface area (Å²) >= 11 is 0. The molecule has 0 aliphatic carbocycles. The van der Waals surface area contributed by atoms with E-state index in [1.165, 1.54) is 18.2 Å². The van der Waals surface area contributed by atoms with Gasteiger partial charge in [-0.05, 0) is 37.6 Å². The fourth-order valence-electron chi connectivity index (χ4n) is 2.55. The number of rotatable bonds is 4. The highest BCUT2D eigenvalue weighted by Crippen LogP contribution is 2.25. The summed E-state index contributed by atoms with van der Waals surface area (Å²) in [4.78, 5) is 22.5. The van der Waals surface area contributed by atoms with Gasteiger partial charge in [-0.1, -0.05) is 12.1 Å². The first-order valence-corrected chi connectivity index (χ1v) is 7.36. The summed E-state index contributed by atoms with van der Waals surface area (Å²) in [7, 11) is 0. The van der Waals surface area contributed by atoms with E-state index >= 15 is 0 Å². The Hall–Kier alpha value is -3.15. The molecular weight excluding hydrogens is 310 g/mol. The molecule has 0 aliphatic heterocycles. The third kappa shape index (κ3) is 3.12. The van der Waals surface area contributed by atoms with Crippen molar-refractivity contribution in [3.05, 3.63) is 69.5 Å². The number of nitrogens with zero attached hydrogens (tertiary/aromatic N) is 1. The summed E-state index contributed by atoms with van der Waals surface area (Å²) in [6.45, 7) is 3.56. The highest BCUT2D eigenvalue weighted by Gasteiger charge is 2.15. The standard InChI is InChI=1S/C18H15NO5/c1-11-3-5-15-13(10-23-17(15)7-11)9-18(20)24-14-4-6-16(19(21)22)12(2)8-14/h3-8,10H,9H2,1-2H3. The molecular formula is C18H15NO5. The number of furan rings is 1. The van der Waals surface area contributed by atoms with Crippen molar-refractivity contribution in [1.82, 2.24) is 0 Å². The third-order valence-corrected chi connectivity index (χ3v) is 3.74. The quantitative estimate of drug-likeness (QED) is 0.312. The van der Waals surface area contributed by atoms with Crippen molar-refractivity contribution in [2.75, 3.05) is 0 Å². The predicted molar refractivity (Wildman–Crippen MR) is 88.1 cm³/mol. The summed E-state index contributed by atoms with van der Waals surface area (Å²) in [6, 6.07) is 9.99. The van der Waals surface area contributed by atoms with Crippen molar-refractivity contribution in [2.24, 2.45) is 0 Å². The molecule has 6 heteroatoms. The molecule has 2 aromatic carbocycles. The van der Waals surface area contributed by atoms with Crippen LogP contribution in [0, 0.1) is 24.0 Å². The second-order valence-corrected chi connectivity index (χ2v) is 5.62. The molecule has 0 amide bonds. The van der Waals surface area contributed by atoms with Gasteiger partial charge in [-0.2, -0.15) is 0 Å². The largest absolute Gasteiger partial charge is 0.464 e. The van der Waals surface area contributed by atoms with Gasteiger partial charge in [-0.15, -0.1) is 0 Å². The van der Waals surface area contributed by atoms with E-state index in [-0.39, 0.29) is 17.9 Å². The van der Waals surface area contributed by atoms with Gasteiger partial charge in [0.1, 0.15) is 11.3 Å². The van der Waals surface area contributed by atoms with Crippen LogP contribution in [0.15, 0.2) is 47.1 Å². The highest BCUT2D eigenvalue weighted by molar-refractivity contribution is 5.86. The van der Waals surface area contributed by atoms with E-state index in [0.717, 1.165) is 22.1 Å². The van der Waals surface area contributed by atoms with Crippen molar-refractivity contribution in [3.63, 3.8) is 0 Å². The zero-order valence-corrected chi connectivity index (χ0v) is 13.2. The summed E-state index contributed by atoms with van der Waals surface area (Å²) in [5.41, 5.74) is 2.98. The predicted octanol–water partition coefficient (Wildman–Crippen LogP) is 4.11. The normalized spacial score (nSPS) is 10.8. The molecule has 0 radical (unpaired) electrons. The van der Waals surface area contributed by atoms with Crippen LogP contribution >= 0.6 is 0 Å². The maximum Gasteiger partial charge on any atom is 0.315 e. The van der Waals surface area contributed by atoms with Gasteiger partial charge in [0, 0.05) is 22.6 Å². The number of carbonyl (C=O) groups excluding carboxylic acids is 1. The van der Waals surface area contributed by atoms with E-state index in [9.17, 15) is 14.9 Å². The molecule has 1 heterocycles. The number of esters is 1. The number of hydrogen-bond acceptors (Lipinski definition) is 5. The van der Waals surface area contributed by atoms with Crippen LogP contribution in [0.5, 0.6) is 5.75 Å². The van der Waals surface area contributed by atoms with E-state index in [1.54, 1.807) is 13.2 Å². The first-order valence-electron chi connectivity index (χ1n) is 7.36. The maximum absolute atomic E-state index is 12.1. The van der Waals surface area contributed by atoms with Crippen LogP contribution in [0.4, 0.5) is 5.69 Å². The number of nitro benzene ring substituents is 1. The van der Waals surface area contributed by atoms with Gasteiger partial charge >= 0.3 is 5.97 Å². The molecule has 6 nitrogen and oxygen atoms in total. The van der Waals surface area contributed by atoms with Gasteiger partial charge in [0.15, 0.2) is 0 Å². The molecule has 0 fully saturated rings. The monoisotopic (exact) mass is 325 g/mol. The Kier molecular flexibility index (Phi) is 4.04. The van der Waals surface area contributed by atoms with Crippen LogP contribution in [-0.2, 0) is 11.2 Å². The molecule has 24 heavy (non-hydrogen) atoms. The van der Waals surface area contributed by atoms with E-state index < -0.39 is 10.9 Å². The van der Waals surface area contributed by atoms with Gasteiger partial charge in [0.2, 0.25) is 0 Å². The summed E-state index contributed by atoms with van der Waals surface area (Å²) in [6.07, 6.45) is 1.61. The fourth-order valence-corrected chi connectivity index (χ4v) is 2.55. The molecule has 122 valence electrons. The smallest absolute Gasteiger partial charge is 0.315 e. The zero-order valence-electron chi connectivity index (χ0n) is 13.2. The van der Waals surface area contributed by atoms with E-state index in [1.807, 2.05) is 25.1 Å². The van der Waals surface area contributed by atoms with Gasteiger partial charge < -0.3 is 9.15 Å². The van der Waals surface area contributed by atoms with Crippen molar-refractivity contribution in [1.29, 1.82) is 0 Å². The molecule has 0 unspecified atom stereocenters. The molecule has 0 bridgehead atoms. The minimum atomic E-state index is -0.472. The van der Waals surface area contributed by atoms with Crippen LogP contribution in [0.25, 0.3) is 11.0 Å². The van der Waals surface area contributed by atoms with Gasteiger partial charge in [-0.25, -0.2) is 0 Å². The average molecular weight is 325 g/mol. The Morgan fingerprint density at radius 3 is 2.71 bits per heavy atom. The van der Waals surface area contributed by atoms with Crippen LogP contribution in [-0.4, -0.2) is 10.9 Å². The van der Waals surface area contributed by atoms with Gasteiger partial charge in [0.25, 0.3) is 5.69 Å². The number of nitro groups is 1. The number of fused-ring (bicyclic) bond motifs is 1. The van der Waals surface area contributed by atoms with Crippen LogP contribution in [0.3, 0.4) is 0 Å². The minimum Gasteiger partial charge on any atom is -0.464 e. The second kappa shape index (κ2) is 6.16. The molecule has 0 atom stereocenters. The number of carbonyl (C=O) groups is 1. The Balaban J connectivity index is 1.75. The highest BCUT2D eigenvalue weighted by atomic mass is 16.6.